The van der Waals surface area contributed by atoms with Crippen LogP contribution in [0.25, 0.3) is 0 Å². The van der Waals surface area contributed by atoms with Crippen molar-refractivity contribution in [3.8, 4) is 0 Å². The molecule has 0 saturated carbocycles. The molecule has 3 N–H and O–H groups in total. The Labute approximate surface area is 126 Å². The fourth-order valence-electron chi connectivity index (χ4n) is 3.03. The van der Waals surface area contributed by atoms with E-state index in [-0.39, 0.29) is 24.0 Å². The van der Waals surface area contributed by atoms with Gasteiger partial charge in [0.1, 0.15) is 6.10 Å². The molecule has 2 rings (SSSR count). The number of epoxide rings is 1. The third-order valence-electron chi connectivity index (χ3n) is 4.70. The Balaban J connectivity index is 1.83. The van der Waals surface area contributed by atoms with Gasteiger partial charge in [-0.15, -0.1) is 0 Å². The van der Waals surface area contributed by atoms with Crippen molar-refractivity contribution in [2.24, 2.45) is 11.8 Å². The van der Waals surface area contributed by atoms with Crippen molar-refractivity contribution in [1.82, 2.24) is 0 Å². The van der Waals surface area contributed by atoms with Gasteiger partial charge in [-0.25, -0.2) is 0 Å². The van der Waals surface area contributed by atoms with Gasteiger partial charge in [-0.05, 0) is 26.7 Å². The lowest BCUT2D eigenvalue weighted by Gasteiger charge is -2.37. The quantitative estimate of drug-likeness (QED) is 0.628. The Kier molecular flexibility index (Phi) is 5.43. The predicted octanol–water partition coefficient (Wildman–Crippen LogP) is 0.667. The molecule has 2 saturated heterocycles. The van der Waals surface area contributed by atoms with Crippen molar-refractivity contribution in [2.45, 2.75) is 70.2 Å². The second-order valence-electron chi connectivity index (χ2n) is 6.64. The predicted molar refractivity (Wildman–Crippen MR) is 77.5 cm³/mol. The minimum Gasteiger partial charge on any atom is -0.393 e. The molecular formula is C16H27O5. The van der Waals surface area contributed by atoms with E-state index in [1.807, 2.05) is 6.92 Å². The van der Waals surface area contributed by atoms with Crippen LogP contribution >= 0.6 is 0 Å². The summed E-state index contributed by atoms with van der Waals surface area (Å²) in [6, 6.07) is 0. The topological polar surface area (TPSA) is 82.5 Å². The second-order valence-corrected chi connectivity index (χ2v) is 6.64. The molecule has 2 fully saturated rings. The van der Waals surface area contributed by atoms with Crippen LogP contribution in [0.1, 0.15) is 33.6 Å². The fourth-order valence-corrected chi connectivity index (χ4v) is 3.03. The molecule has 21 heavy (non-hydrogen) atoms. The smallest absolute Gasteiger partial charge is 0.107 e. The second kappa shape index (κ2) is 6.75. The van der Waals surface area contributed by atoms with Gasteiger partial charge in [-0.3, -0.25) is 0 Å². The highest BCUT2D eigenvalue weighted by atomic mass is 16.6. The molecule has 2 aliphatic heterocycles. The molecule has 5 heteroatoms. The summed E-state index contributed by atoms with van der Waals surface area (Å²) in [7, 11) is 0. The van der Waals surface area contributed by atoms with Crippen molar-refractivity contribution >= 4 is 0 Å². The molecule has 8 atom stereocenters. The number of rotatable bonds is 6. The molecule has 5 nitrogen and oxygen atoms in total. The Morgan fingerprint density at radius 3 is 2.48 bits per heavy atom. The summed E-state index contributed by atoms with van der Waals surface area (Å²) in [6.07, 6.45) is -1.44. The lowest BCUT2D eigenvalue weighted by atomic mass is 9.85. The van der Waals surface area contributed by atoms with Crippen LogP contribution in [0.4, 0.5) is 0 Å². The van der Waals surface area contributed by atoms with Gasteiger partial charge in [0.15, 0.2) is 0 Å². The molecule has 0 spiro atoms. The molecule has 0 aromatic rings. The SMILES string of the molecule is [CH]=C(C)C[C@@H]1OC[C@H](C[C@@H]2OC2[C@@H](C)[C@H](C)O)[C@@H](O)[C@H]1O. The molecule has 2 aliphatic rings. The lowest BCUT2D eigenvalue weighted by Crippen LogP contribution is -2.50. The fraction of sp³-hybridized carbons (Fsp3) is 0.875. The van der Waals surface area contributed by atoms with Crippen molar-refractivity contribution in [2.75, 3.05) is 6.61 Å². The molecule has 0 aromatic carbocycles. The first-order valence-electron chi connectivity index (χ1n) is 7.70. The summed E-state index contributed by atoms with van der Waals surface area (Å²) in [6.45, 7) is 11.5. The summed E-state index contributed by atoms with van der Waals surface area (Å²) in [5.41, 5.74) is 0.682. The first kappa shape index (κ1) is 16.9. The lowest BCUT2D eigenvalue weighted by molar-refractivity contribution is -0.165. The zero-order chi connectivity index (χ0) is 15.7. The number of aliphatic hydroxyl groups excluding tert-OH is 3. The highest BCUT2D eigenvalue weighted by Gasteiger charge is 2.48. The van der Waals surface area contributed by atoms with Crippen LogP contribution in [-0.2, 0) is 9.47 Å². The van der Waals surface area contributed by atoms with E-state index in [1.165, 1.54) is 0 Å². The highest BCUT2D eigenvalue weighted by Crippen LogP contribution is 2.38. The number of hydrogen-bond donors (Lipinski definition) is 3. The van der Waals surface area contributed by atoms with Gasteiger partial charge in [0.25, 0.3) is 0 Å². The zero-order valence-electron chi connectivity index (χ0n) is 13.0. The van der Waals surface area contributed by atoms with Gasteiger partial charge >= 0.3 is 0 Å². The van der Waals surface area contributed by atoms with Gasteiger partial charge in [0.2, 0.25) is 0 Å². The average Bonchev–Trinajstić information content (AvgIpc) is 3.16. The minimum atomic E-state index is -0.923. The molecule has 0 aromatic heterocycles. The van der Waals surface area contributed by atoms with Gasteiger partial charge in [-0.1, -0.05) is 19.1 Å². The molecule has 121 valence electrons. The summed E-state index contributed by atoms with van der Waals surface area (Å²) >= 11 is 0. The maximum Gasteiger partial charge on any atom is 0.107 e. The van der Waals surface area contributed by atoms with E-state index in [1.54, 1.807) is 13.8 Å². The molecule has 0 aliphatic carbocycles. The van der Waals surface area contributed by atoms with Crippen molar-refractivity contribution in [1.29, 1.82) is 0 Å². The van der Waals surface area contributed by atoms with Crippen LogP contribution in [0.2, 0.25) is 0 Å². The van der Waals surface area contributed by atoms with Crippen molar-refractivity contribution in [3.63, 3.8) is 0 Å². The van der Waals surface area contributed by atoms with Gasteiger partial charge < -0.3 is 24.8 Å². The van der Waals surface area contributed by atoms with Crippen LogP contribution in [0.3, 0.4) is 0 Å². The molecule has 0 amide bonds. The molecule has 1 radical (unpaired) electrons. The van der Waals surface area contributed by atoms with Crippen LogP contribution in [0.15, 0.2) is 5.57 Å². The van der Waals surface area contributed by atoms with Crippen molar-refractivity contribution < 1.29 is 24.8 Å². The first-order chi connectivity index (χ1) is 9.81. The summed E-state index contributed by atoms with van der Waals surface area (Å²) in [4.78, 5) is 0. The molecular weight excluding hydrogens is 272 g/mol. The Bertz CT molecular complexity index is 370. The molecule has 2 heterocycles. The van der Waals surface area contributed by atoms with Gasteiger partial charge in [0.05, 0.1) is 37.1 Å². The zero-order valence-corrected chi connectivity index (χ0v) is 13.0. The van der Waals surface area contributed by atoms with E-state index in [9.17, 15) is 15.3 Å². The third-order valence-corrected chi connectivity index (χ3v) is 4.70. The third kappa shape index (κ3) is 4.05. The largest absolute Gasteiger partial charge is 0.393 e. The highest BCUT2D eigenvalue weighted by molar-refractivity contribution is 4.98. The standard InChI is InChI=1S/C16H27O5/c1-8(2)5-12-15(19)14(18)11(7-20-12)6-13-16(21-13)9(3)10(4)17/h1,9-19H,5-7H2,2-4H3/t9-,10-,11-,12-,13-,14+,15-,16?/m0/s1. The van der Waals surface area contributed by atoms with E-state index in [0.29, 0.717) is 25.0 Å². The monoisotopic (exact) mass is 299 g/mol. The van der Waals surface area contributed by atoms with Crippen LogP contribution in [-0.4, -0.2) is 58.6 Å². The van der Waals surface area contributed by atoms with Gasteiger partial charge in [0, 0.05) is 11.8 Å². The number of hydrogen-bond acceptors (Lipinski definition) is 5. The van der Waals surface area contributed by atoms with Crippen LogP contribution < -0.4 is 0 Å². The van der Waals surface area contributed by atoms with Gasteiger partial charge in [-0.2, -0.15) is 0 Å². The van der Waals surface area contributed by atoms with Crippen LogP contribution in [0, 0.1) is 18.4 Å². The maximum absolute atomic E-state index is 10.2. The number of aliphatic hydroxyl groups is 3. The molecule has 1 unspecified atom stereocenters. The minimum absolute atomic E-state index is 0.0319. The summed E-state index contributed by atoms with van der Waals surface area (Å²) in [5.74, 6) is -0.0747. The normalized spacial score (nSPS) is 42.4. The van der Waals surface area contributed by atoms with E-state index in [4.69, 9.17) is 16.1 Å². The Hall–Kier alpha value is -0.460. The van der Waals surface area contributed by atoms with E-state index >= 15 is 0 Å². The average molecular weight is 299 g/mol. The van der Waals surface area contributed by atoms with Crippen LogP contribution in [0.5, 0.6) is 0 Å². The maximum atomic E-state index is 10.2. The summed E-state index contributed by atoms with van der Waals surface area (Å²) < 4.78 is 11.2. The Morgan fingerprint density at radius 2 is 1.90 bits per heavy atom. The first-order valence-corrected chi connectivity index (χ1v) is 7.70. The summed E-state index contributed by atoms with van der Waals surface area (Å²) in [5, 5.41) is 29.9. The Morgan fingerprint density at radius 1 is 1.24 bits per heavy atom. The van der Waals surface area contributed by atoms with E-state index in [2.05, 4.69) is 0 Å². The van der Waals surface area contributed by atoms with E-state index in [0.717, 1.165) is 0 Å². The molecule has 0 bridgehead atoms. The van der Waals surface area contributed by atoms with Crippen molar-refractivity contribution in [3.05, 3.63) is 12.2 Å². The number of ether oxygens (including phenoxy) is 2. The van der Waals surface area contributed by atoms with E-state index < -0.39 is 24.4 Å².